The van der Waals surface area contributed by atoms with Crippen LogP contribution >= 0.6 is 11.3 Å². The van der Waals surface area contributed by atoms with Gasteiger partial charge in [0.15, 0.2) is 6.39 Å². The molecule has 1 unspecified atom stereocenters. The molecule has 19 heavy (non-hydrogen) atoms. The van der Waals surface area contributed by atoms with E-state index in [1.807, 2.05) is 17.3 Å². The number of fused-ring (bicyclic) bond motifs is 1. The maximum atomic E-state index is 12.6. The molecule has 0 fully saturated rings. The molecule has 0 bridgehead atoms. The molecule has 3 heterocycles. The standard InChI is InChI=1S/C13H15N3O2S/c1-14-11-12-9(3-5-19-12)2-4-16(13(11)17)7-10-6-15-8-18-10/h3,5-6,8,11,14H,2,4,7H2,1H3. The summed E-state index contributed by atoms with van der Waals surface area (Å²) in [4.78, 5) is 19.4. The zero-order valence-corrected chi connectivity index (χ0v) is 11.4. The minimum atomic E-state index is -0.250. The fourth-order valence-corrected chi connectivity index (χ4v) is 3.44. The largest absolute Gasteiger partial charge is 0.447 e. The molecule has 2 aromatic rings. The molecule has 0 saturated heterocycles. The van der Waals surface area contributed by atoms with Gasteiger partial charge in [-0.1, -0.05) is 0 Å². The first-order valence-corrected chi connectivity index (χ1v) is 7.07. The van der Waals surface area contributed by atoms with Gasteiger partial charge in [0.05, 0.1) is 12.7 Å². The first kappa shape index (κ1) is 12.4. The Kier molecular flexibility index (Phi) is 3.35. The lowest BCUT2D eigenvalue weighted by molar-refractivity contribution is -0.134. The molecule has 1 amide bonds. The highest BCUT2D eigenvalue weighted by atomic mass is 32.1. The predicted molar refractivity (Wildman–Crippen MR) is 71.7 cm³/mol. The molecule has 2 aromatic heterocycles. The van der Waals surface area contributed by atoms with Crippen molar-refractivity contribution in [2.75, 3.05) is 13.6 Å². The third-order valence-corrected chi connectivity index (χ3v) is 4.40. The summed E-state index contributed by atoms with van der Waals surface area (Å²) in [5.41, 5.74) is 1.26. The second-order valence-electron chi connectivity index (χ2n) is 4.51. The lowest BCUT2D eigenvalue weighted by Crippen LogP contribution is -2.38. The molecule has 0 saturated carbocycles. The van der Waals surface area contributed by atoms with Crippen molar-refractivity contribution in [2.24, 2.45) is 0 Å². The van der Waals surface area contributed by atoms with Crippen LogP contribution in [0.2, 0.25) is 0 Å². The molecule has 1 atom stereocenters. The second kappa shape index (κ2) is 5.14. The quantitative estimate of drug-likeness (QED) is 0.925. The van der Waals surface area contributed by atoms with Gasteiger partial charge in [0.1, 0.15) is 11.8 Å². The van der Waals surface area contributed by atoms with Crippen LogP contribution in [0.1, 0.15) is 22.2 Å². The van der Waals surface area contributed by atoms with Crippen molar-refractivity contribution in [3.8, 4) is 0 Å². The number of nitrogens with zero attached hydrogens (tertiary/aromatic N) is 2. The van der Waals surface area contributed by atoms with Gasteiger partial charge in [-0.05, 0) is 30.5 Å². The smallest absolute Gasteiger partial charge is 0.245 e. The van der Waals surface area contributed by atoms with Gasteiger partial charge < -0.3 is 14.6 Å². The molecular formula is C13H15N3O2S. The number of amides is 1. The molecule has 0 radical (unpaired) electrons. The summed E-state index contributed by atoms with van der Waals surface area (Å²) in [7, 11) is 1.82. The summed E-state index contributed by atoms with van der Waals surface area (Å²) in [6, 6.07) is 1.86. The van der Waals surface area contributed by atoms with Crippen LogP contribution in [0.25, 0.3) is 0 Å². The van der Waals surface area contributed by atoms with E-state index in [9.17, 15) is 4.79 Å². The van der Waals surface area contributed by atoms with Crippen LogP contribution in [-0.2, 0) is 17.8 Å². The summed E-state index contributed by atoms with van der Waals surface area (Å²) in [5.74, 6) is 0.813. The van der Waals surface area contributed by atoms with Crippen molar-refractivity contribution < 1.29 is 9.21 Å². The Labute approximate surface area is 115 Å². The number of hydrogen-bond acceptors (Lipinski definition) is 5. The highest BCUT2D eigenvalue weighted by Gasteiger charge is 2.31. The Hall–Kier alpha value is -1.66. The number of nitrogens with one attached hydrogen (secondary N) is 1. The van der Waals surface area contributed by atoms with E-state index in [-0.39, 0.29) is 11.9 Å². The van der Waals surface area contributed by atoms with Gasteiger partial charge in [0.25, 0.3) is 0 Å². The van der Waals surface area contributed by atoms with E-state index in [0.29, 0.717) is 18.8 Å². The number of carbonyl (C=O) groups is 1. The number of rotatable bonds is 3. The average molecular weight is 277 g/mol. The van der Waals surface area contributed by atoms with Crippen LogP contribution in [0, 0.1) is 0 Å². The highest BCUT2D eigenvalue weighted by Crippen LogP contribution is 2.29. The minimum Gasteiger partial charge on any atom is -0.447 e. The summed E-state index contributed by atoms with van der Waals surface area (Å²) >= 11 is 1.64. The predicted octanol–water partition coefficient (Wildman–Crippen LogP) is 1.58. The molecule has 0 aliphatic carbocycles. The van der Waals surface area contributed by atoms with Crippen LogP contribution in [0.3, 0.4) is 0 Å². The molecule has 6 heteroatoms. The van der Waals surface area contributed by atoms with Crippen LogP contribution in [0.5, 0.6) is 0 Å². The molecule has 3 rings (SSSR count). The fourth-order valence-electron chi connectivity index (χ4n) is 2.39. The van der Waals surface area contributed by atoms with Gasteiger partial charge in [0.2, 0.25) is 5.91 Å². The maximum absolute atomic E-state index is 12.6. The Morgan fingerprint density at radius 3 is 3.26 bits per heavy atom. The molecule has 100 valence electrons. The number of likely N-dealkylation sites (N-methyl/N-ethyl adjacent to an activating group) is 1. The third kappa shape index (κ3) is 2.29. The maximum Gasteiger partial charge on any atom is 0.245 e. The lowest BCUT2D eigenvalue weighted by Gasteiger charge is -2.23. The Balaban J connectivity index is 1.85. The zero-order valence-electron chi connectivity index (χ0n) is 10.6. The van der Waals surface area contributed by atoms with Crippen molar-refractivity contribution in [3.05, 3.63) is 40.2 Å². The molecule has 5 nitrogen and oxygen atoms in total. The highest BCUT2D eigenvalue weighted by molar-refractivity contribution is 7.10. The third-order valence-electron chi connectivity index (χ3n) is 3.37. The average Bonchev–Trinajstić information content (AvgIpc) is 3.04. The van der Waals surface area contributed by atoms with Gasteiger partial charge in [-0.3, -0.25) is 4.79 Å². The van der Waals surface area contributed by atoms with Crippen LogP contribution in [0.4, 0.5) is 0 Å². The molecule has 1 aliphatic rings. The Morgan fingerprint density at radius 1 is 1.63 bits per heavy atom. The van der Waals surface area contributed by atoms with Crippen LogP contribution < -0.4 is 5.32 Å². The van der Waals surface area contributed by atoms with E-state index in [0.717, 1.165) is 11.3 Å². The first-order valence-electron chi connectivity index (χ1n) is 6.19. The molecule has 0 aromatic carbocycles. The number of carbonyl (C=O) groups excluding carboxylic acids is 1. The van der Waals surface area contributed by atoms with Crippen molar-refractivity contribution in [1.82, 2.24) is 15.2 Å². The van der Waals surface area contributed by atoms with E-state index in [1.54, 1.807) is 17.5 Å². The Bertz CT molecular complexity index is 564. The van der Waals surface area contributed by atoms with E-state index in [1.165, 1.54) is 12.0 Å². The van der Waals surface area contributed by atoms with Gasteiger partial charge >= 0.3 is 0 Å². The topological polar surface area (TPSA) is 58.4 Å². The number of oxazole rings is 1. The van der Waals surface area contributed by atoms with E-state index >= 15 is 0 Å². The SMILES string of the molecule is CNC1C(=O)N(Cc2cnco2)CCc2ccsc21. The number of aromatic nitrogens is 1. The van der Waals surface area contributed by atoms with Crippen molar-refractivity contribution in [2.45, 2.75) is 19.0 Å². The van der Waals surface area contributed by atoms with E-state index < -0.39 is 0 Å². The van der Waals surface area contributed by atoms with Gasteiger partial charge in [-0.15, -0.1) is 11.3 Å². The van der Waals surface area contributed by atoms with E-state index in [4.69, 9.17) is 4.42 Å². The second-order valence-corrected chi connectivity index (χ2v) is 5.46. The van der Waals surface area contributed by atoms with Crippen molar-refractivity contribution in [1.29, 1.82) is 0 Å². The molecular weight excluding hydrogens is 262 g/mol. The number of thiophene rings is 1. The molecule has 0 spiro atoms. The first-order chi connectivity index (χ1) is 9.29. The summed E-state index contributed by atoms with van der Waals surface area (Å²) < 4.78 is 5.23. The molecule has 1 aliphatic heterocycles. The van der Waals surface area contributed by atoms with Crippen LogP contribution in [0.15, 0.2) is 28.5 Å². The Morgan fingerprint density at radius 2 is 2.53 bits per heavy atom. The summed E-state index contributed by atoms with van der Waals surface area (Å²) in [6.07, 6.45) is 3.93. The lowest BCUT2D eigenvalue weighted by atomic mass is 10.1. The minimum absolute atomic E-state index is 0.0973. The van der Waals surface area contributed by atoms with E-state index in [2.05, 4.69) is 16.4 Å². The van der Waals surface area contributed by atoms with Crippen LogP contribution in [-0.4, -0.2) is 29.4 Å². The summed E-state index contributed by atoms with van der Waals surface area (Å²) in [6.45, 7) is 1.19. The van der Waals surface area contributed by atoms with Gasteiger partial charge in [0, 0.05) is 11.4 Å². The van der Waals surface area contributed by atoms with Gasteiger partial charge in [-0.25, -0.2) is 4.98 Å². The van der Waals surface area contributed by atoms with Gasteiger partial charge in [-0.2, -0.15) is 0 Å². The number of hydrogen-bond donors (Lipinski definition) is 1. The normalized spacial score (nSPS) is 19.3. The molecule has 1 N–H and O–H groups in total. The zero-order chi connectivity index (χ0) is 13.2. The van der Waals surface area contributed by atoms with Crippen molar-refractivity contribution >= 4 is 17.2 Å². The fraction of sp³-hybridized carbons (Fsp3) is 0.385. The summed E-state index contributed by atoms with van der Waals surface area (Å²) in [5, 5.41) is 5.17. The van der Waals surface area contributed by atoms with Crippen molar-refractivity contribution in [3.63, 3.8) is 0 Å². The monoisotopic (exact) mass is 277 g/mol.